The molecule has 2 fully saturated rings. The first-order valence-corrected chi connectivity index (χ1v) is 6.85. The van der Waals surface area contributed by atoms with Gasteiger partial charge in [0.1, 0.15) is 0 Å². The van der Waals surface area contributed by atoms with Crippen molar-refractivity contribution < 1.29 is 0 Å². The molecule has 0 bridgehead atoms. The smallest absolute Gasteiger partial charge is 0.0120 e. The Kier molecular flexibility index (Phi) is 4.22. The Morgan fingerprint density at radius 3 is 2.06 bits per heavy atom. The van der Waals surface area contributed by atoms with Crippen LogP contribution in [-0.4, -0.2) is 55.1 Å². The van der Waals surface area contributed by atoms with Gasteiger partial charge in [-0.2, -0.15) is 0 Å². The van der Waals surface area contributed by atoms with E-state index in [1.807, 2.05) is 0 Å². The quantitative estimate of drug-likeness (QED) is 0.765. The van der Waals surface area contributed by atoms with Crippen molar-refractivity contribution >= 4 is 0 Å². The van der Waals surface area contributed by atoms with Crippen LogP contribution >= 0.6 is 0 Å². The van der Waals surface area contributed by atoms with Crippen LogP contribution in [0.25, 0.3) is 0 Å². The van der Waals surface area contributed by atoms with Gasteiger partial charge in [0.2, 0.25) is 0 Å². The molecular weight excluding hydrogens is 198 g/mol. The van der Waals surface area contributed by atoms with Crippen molar-refractivity contribution in [1.29, 1.82) is 0 Å². The molecule has 0 aromatic heterocycles. The van der Waals surface area contributed by atoms with Crippen LogP contribution in [0.3, 0.4) is 0 Å². The lowest BCUT2D eigenvalue weighted by molar-refractivity contribution is 0.0814. The number of piperidine rings is 2. The van der Waals surface area contributed by atoms with Gasteiger partial charge in [-0.1, -0.05) is 0 Å². The zero-order valence-corrected chi connectivity index (χ0v) is 10.9. The Bertz CT molecular complexity index is 201. The molecule has 1 atom stereocenters. The van der Waals surface area contributed by atoms with Crippen molar-refractivity contribution in [3.63, 3.8) is 0 Å². The molecule has 1 unspecified atom stereocenters. The summed E-state index contributed by atoms with van der Waals surface area (Å²) in [6.45, 7) is 7.27. The summed E-state index contributed by atoms with van der Waals surface area (Å²) >= 11 is 0. The minimum absolute atomic E-state index is 0.389. The van der Waals surface area contributed by atoms with E-state index in [-0.39, 0.29) is 0 Å². The molecule has 2 aliphatic rings. The molecule has 0 radical (unpaired) electrons. The van der Waals surface area contributed by atoms with Gasteiger partial charge in [0.05, 0.1) is 0 Å². The minimum atomic E-state index is 0.389. The molecule has 2 rings (SSSR count). The summed E-state index contributed by atoms with van der Waals surface area (Å²) in [5.41, 5.74) is 5.98. The highest BCUT2D eigenvalue weighted by molar-refractivity contribution is 4.84. The number of likely N-dealkylation sites (tertiary alicyclic amines) is 2. The zero-order chi connectivity index (χ0) is 11.5. The number of rotatable bonds is 2. The average molecular weight is 225 g/mol. The maximum Gasteiger partial charge on any atom is 0.0120 e. The number of hydrogen-bond acceptors (Lipinski definition) is 3. The normalized spacial score (nSPS) is 29.4. The highest BCUT2D eigenvalue weighted by Gasteiger charge is 2.28. The van der Waals surface area contributed by atoms with Crippen molar-refractivity contribution in [3.05, 3.63) is 0 Å². The van der Waals surface area contributed by atoms with Crippen LogP contribution in [0.4, 0.5) is 0 Å². The second-order valence-corrected chi connectivity index (χ2v) is 5.77. The lowest BCUT2D eigenvalue weighted by Crippen LogP contribution is -2.48. The predicted octanol–water partition coefficient (Wildman–Crippen LogP) is 1.14. The van der Waals surface area contributed by atoms with Gasteiger partial charge in [0.15, 0.2) is 0 Å². The number of hydrogen-bond donors (Lipinski definition) is 1. The second-order valence-electron chi connectivity index (χ2n) is 5.77. The van der Waals surface area contributed by atoms with E-state index >= 15 is 0 Å². The Morgan fingerprint density at radius 1 is 1.00 bits per heavy atom. The highest BCUT2D eigenvalue weighted by atomic mass is 15.2. The van der Waals surface area contributed by atoms with Gasteiger partial charge in [-0.05, 0) is 71.8 Å². The highest BCUT2D eigenvalue weighted by Crippen LogP contribution is 2.24. The maximum atomic E-state index is 5.98. The van der Waals surface area contributed by atoms with Gasteiger partial charge in [-0.15, -0.1) is 0 Å². The molecule has 2 aliphatic heterocycles. The molecule has 0 spiro atoms. The maximum absolute atomic E-state index is 5.98. The molecule has 0 aliphatic carbocycles. The minimum Gasteiger partial charge on any atom is -0.328 e. The Balaban J connectivity index is 1.76. The van der Waals surface area contributed by atoms with E-state index in [1.54, 1.807) is 0 Å². The van der Waals surface area contributed by atoms with Gasteiger partial charge < -0.3 is 15.5 Å². The van der Waals surface area contributed by atoms with E-state index in [2.05, 4.69) is 23.8 Å². The van der Waals surface area contributed by atoms with Gasteiger partial charge in [-0.25, -0.2) is 0 Å². The molecule has 2 heterocycles. The topological polar surface area (TPSA) is 32.5 Å². The molecule has 0 saturated carbocycles. The zero-order valence-electron chi connectivity index (χ0n) is 10.9. The van der Waals surface area contributed by atoms with E-state index in [4.69, 9.17) is 5.73 Å². The summed E-state index contributed by atoms with van der Waals surface area (Å²) in [4.78, 5) is 5.16. The predicted molar refractivity (Wildman–Crippen MR) is 68.5 cm³/mol. The van der Waals surface area contributed by atoms with Crippen LogP contribution < -0.4 is 5.73 Å². The molecule has 2 saturated heterocycles. The van der Waals surface area contributed by atoms with Crippen molar-refractivity contribution in [1.82, 2.24) is 9.80 Å². The molecule has 3 heteroatoms. The average Bonchev–Trinajstić information content (AvgIpc) is 2.30. The third-order valence-electron chi connectivity index (χ3n) is 4.52. The van der Waals surface area contributed by atoms with E-state index in [9.17, 15) is 0 Å². The van der Waals surface area contributed by atoms with Crippen molar-refractivity contribution in [2.75, 3.05) is 33.2 Å². The molecule has 2 N–H and O–H groups in total. The third-order valence-corrected chi connectivity index (χ3v) is 4.52. The Hall–Kier alpha value is -0.120. The van der Waals surface area contributed by atoms with Crippen molar-refractivity contribution in [2.45, 2.75) is 44.7 Å². The molecule has 3 nitrogen and oxygen atoms in total. The fourth-order valence-electron chi connectivity index (χ4n) is 3.17. The monoisotopic (exact) mass is 225 g/mol. The van der Waals surface area contributed by atoms with Crippen LogP contribution in [0.15, 0.2) is 0 Å². The summed E-state index contributed by atoms with van der Waals surface area (Å²) in [5, 5.41) is 0. The fourth-order valence-corrected chi connectivity index (χ4v) is 3.17. The summed E-state index contributed by atoms with van der Waals surface area (Å²) in [5.74, 6) is 0.766. The standard InChI is InChI=1S/C13H27N3/c1-11(14)12-3-9-16(10-4-12)13-5-7-15(2)8-6-13/h11-13H,3-10,14H2,1-2H3. The largest absolute Gasteiger partial charge is 0.328 e. The lowest BCUT2D eigenvalue weighted by Gasteiger charge is -2.41. The number of nitrogens with two attached hydrogens (primary N) is 1. The van der Waals surface area contributed by atoms with E-state index in [0.29, 0.717) is 6.04 Å². The first kappa shape index (κ1) is 12.3. The Morgan fingerprint density at radius 2 is 1.56 bits per heavy atom. The molecular formula is C13H27N3. The summed E-state index contributed by atoms with van der Waals surface area (Å²) in [6, 6.07) is 1.24. The Labute approximate surface area is 100.0 Å². The van der Waals surface area contributed by atoms with Gasteiger partial charge in [-0.3, -0.25) is 0 Å². The summed E-state index contributed by atoms with van der Waals surface area (Å²) in [6.07, 6.45) is 5.34. The van der Waals surface area contributed by atoms with Gasteiger partial charge in [0, 0.05) is 12.1 Å². The van der Waals surface area contributed by atoms with Gasteiger partial charge in [0.25, 0.3) is 0 Å². The molecule has 0 aromatic rings. The van der Waals surface area contributed by atoms with Crippen LogP contribution in [0.2, 0.25) is 0 Å². The molecule has 0 amide bonds. The molecule has 16 heavy (non-hydrogen) atoms. The van der Waals surface area contributed by atoms with Crippen molar-refractivity contribution in [3.8, 4) is 0 Å². The fraction of sp³-hybridized carbons (Fsp3) is 1.00. The summed E-state index contributed by atoms with van der Waals surface area (Å²) in [7, 11) is 2.23. The summed E-state index contributed by atoms with van der Waals surface area (Å²) < 4.78 is 0. The second kappa shape index (κ2) is 5.48. The van der Waals surface area contributed by atoms with Crippen molar-refractivity contribution in [2.24, 2.45) is 11.7 Å². The lowest BCUT2D eigenvalue weighted by atomic mass is 9.89. The van der Waals surface area contributed by atoms with E-state index < -0.39 is 0 Å². The van der Waals surface area contributed by atoms with Crippen LogP contribution in [0, 0.1) is 5.92 Å². The van der Waals surface area contributed by atoms with Crippen LogP contribution in [0.5, 0.6) is 0 Å². The first-order valence-electron chi connectivity index (χ1n) is 6.85. The number of nitrogens with zero attached hydrogens (tertiary/aromatic N) is 2. The molecule has 94 valence electrons. The third kappa shape index (κ3) is 2.96. The van der Waals surface area contributed by atoms with E-state index in [1.165, 1.54) is 51.9 Å². The van der Waals surface area contributed by atoms with Gasteiger partial charge >= 0.3 is 0 Å². The SMILES string of the molecule is CC(N)C1CCN(C2CCN(C)CC2)CC1. The first-order chi connectivity index (χ1) is 7.66. The van der Waals surface area contributed by atoms with Crippen LogP contribution in [-0.2, 0) is 0 Å². The molecule has 0 aromatic carbocycles. The van der Waals surface area contributed by atoms with E-state index in [0.717, 1.165) is 12.0 Å². The van der Waals surface area contributed by atoms with Crippen LogP contribution in [0.1, 0.15) is 32.6 Å².